The molecule has 0 aromatic carbocycles. The number of hydrogen-bond acceptors (Lipinski definition) is 0. The number of allylic oxidation sites excluding steroid dienone is 4. The van der Waals surface area contributed by atoms with E-state index < -0.39 is 0 Å². The standard InChI is InChI=1S/C8H11.Ti/c1-7(2)8-5-3-4-6-8;/h3,5,7H,4H2,1-2H3;. The fourth-order valence-electron chi connectivity index (χ4n) is 1.06. The van der Waals surface area contributed by atoms with Crippen LogP contribution in [0.25, 0.3) is 0 Å². The average Bonchev–Trinajstić information content (AvgIpc) is 2.13. The van der Waals surface area contributed by atoms with Crippen molar-refractivity contribution < 1.29 is 20.4 Å². The van der Waals surface area contributed by atoms with Crippen molar-refractivity contribution in [3.05, 3.63) is 21.6 Å². The van der Waals surface area contributed by atoms with Gasteiger partial charge in [0, 0.05) is 0 Å². The van der Waals surface area contributed by atoms with Crippen molar-refractivity contribution in [2.24, 2.45) is 5.92 Å². The molecule has 0 fully saturated rings. The van der Waals surface area contributed by atoms with Crippen molar-refractivity contribution in [3.63, 3.8) is 0 Å². The molecule has 47 valence electrons. The molecule has 0 aromatic heterocycles. The number of hydrogen-bond donors (Lipinski definition) is 0. The Balaban J connectivity index is 2.77. The first-order chi connectivity index (χ1) is 4.22. The van der Waals surface area contributed by atoms with Gasteiger partial charge in [-0.05, 0) is 0 Å². The van der Waals surface area contributed by atoms with E-state index in [9.17, 15) is 0 Å². The van der Waals surface area contributed by atoms with E-state index in [1.54, 1.807) is 3.88 Å². The Bertz CT molecular complexity index is 163. The Kier molecular flexibility index (Phi) is 2.31. The van der Waals surface area contributed by atoms with Gasteiger partial charge in [-0.1, -0.05) is 0 Å². The molecule has 1 rings (SSSR count). The molecule has 0 saturated heterocycles. The van der Waals surface area contributed by atoms with Crippen molar-refractivity contribution in [1.29, 1.82) is 0 Å². The molecule has 0 heterocycles. The SMILES string of the molecule is CC(C)C1=[C]([Ti])CC=C1. The van der Waals surface area contributed by atoms with Crippen LogP contribution in [0.5, 0.6) is 0 Å². The zero-order valence-corrected chi connectivity index (χ0v) is 7.50. The van der Waals surface area contributed by atoms with E-state index in [1.807, 2.05) is 0 Å². The molecule has 9 heavy (non-hydrogen) atoms. The quantitative estimate of drug-likeness (QED) is 0.510. The molecule has 0 nitrogen and oxygen atoms in total. The van der Waals surface area contributed by atoms with Crippen molar-refractivity contribution in [3.8, 4) is 0 Å². The van der Waals surface area contributed by atoms with Gasteiger partial charge in [0.2, 0.25) is 0 Å². The van der Waals surface area contributed by atoms with Crippen LogP contribution in [0, 0.1) is 5.92 Å². The molecule has 0 spiro atoms. The predicted molar refractivity (Wildman–Crippen MR) is 35.6 cm³/mol. The third-order valence-electron chi connectivity index (χ3n) is 1.59. The Hall–Kier alpha value is 0.194. The minimum atomic E-state index is 0.712. The third kappa shape index (κ3) is 1.56. The first-order valence-electron chi connectivity index (χ1n) is 3.33. The van der Waals surface area contributed by atoms with Gasteiger partial charge in [0.1, 0.15) is 0 Å². The summed E-state index contributed by atoms with van der Waals surface area (Å²) in [5, 5.41) is 0. The summed E-state index contributed by atoms with van der Waals surface area (Å²) in [6.07, 6.45) is 5.66. The fraction of sp³-hybridized carbons (Fsp3) is 0.500. The molecule has 0 amide bonds. The van der Waals surface area contributed by atoms with Crippen LogP contribution in [0.2, 0.25) is 0 Å². The fourth-order valence-corrected chi connectivity index (χ4v) is 1.83. The first-order valence-corrected chi connectivity index (χ1v) is 4.11. The molecule has 0 radical (unpaired) electrons. The summed E-state index contributed by atoms with van der Waals surface area (Å²) in [7, 11) is 0. The van der Waals surface area contributed by atoms with Crippen molar-refractivity contribution in [1.82, 2.24) is 0 Å². The van der Waals surface area contributed by atoms with E-state index in [4.69, 9.17) is 0 Å². The van der Waals surface area contributed by atoms with Crippen LogP contribution in [-0.2, 0) is 20.4 Å². The van der Waals surface area contributed by atoms with Crippen molar-refractivity contribution in [2.45, 2.75) is 20.3 Å². The van der Waals surface area contributed by atoms with Gasteiger partial charge in [-0.15, -0.1) is 0 Å². The van der Waals surface area contributed by atoms with Gasteiger partial charge in [0.15, 0.2) is 0 Å². The normalized spacial score (nSPS) is 18.0. The molecular weight excluding hydrogens is 144 g/mol. The summed E-state index contributed by atoms with van der Waals surface area (Å²) in [6, 6.07) is 0. The number of rotatable bonds is 1. The molecule has 0 saturated carbocycles. The van der Waals surface area contributed by atoms with E-state index in [0.717, 1.165) is 0 Å². The average molecular weight is 155 g/mol. The summed E-state index contributed by atoms with van der Waals surface area (Å²) in [6.45, 7) is 4.49. The predicted octanol–water partition coefficient (Wildman–Crippen LogP) is 2.40. The second kappa shape index (κ2) is 2.85. The van der Waals surface area contributed by atoms with Gasteiger partial charge >= 0.3 is 68.2 Å². The molecule has 0 N–H and O–H groups in total. The maximum atomic E-state index is 2.25. The monoisotopic (exact) mass is 155 g/mol. The van der Waals surface area contributed by atoms with E-state index in [-0.39, 0.29) is 0 Å². The van der Waals surface area contributed by atoms with Crippen molar-refractivity contribution >= 4 is 0 Å². The topological polar surface area (TPSA) is 0 Å². The van der Waals surface area contributed by atoms with Gasteiger partial charge < -0.3 is 0 Å². The molecule has 1 aliphatic rings. The van der Waals surface area contributed by atoms with Gasteiger partial charge in [0.25, 0.3) is 0 Å². The van der Waals surface area contributed by atoms with Crippen LogP contribution in [0.4, 0.5) is 0 Å². The zero-order valence-electron chi connectivity index (χ0n) is 5.94. The molecule has 1 heteroatoms. The summed E-state index contributed by atoms with van der Waals surface area (Å²) >= 11 is 2.22. The van der Waals surface area contributed by atoms with Crippen LogP contribution in [0.15, 0.2) is 21.6 Å². The molecule has 0 atom stereocenters. The van der Waals surface area contributed by atoms with E-state index in [1.165, 1.54) is 12.0 Å². The third-order valence-corrected chi connectivity index (χ3v) is 2.36. The maximum absolute atomic E-state index is 2.25. The molecule has 0 bridgehead atoms. The van der Waals surface area contributed by atoms with Crippen LogP contribution < -0.4 is 0 Å². The molecule has 0 aromatic rings. The first kappa shape index (κ1) is 7.30. The molecular formula is C8H11Ti. The Morgan fingerprint density at radius 1 is 1.56 bits per heavy atom. The summed E-state index contributed by atoms with van der Waals surface area (Å²) in [5.74, 6) is 0.712. The summed E-state index contributed by atoms with van der Waals surface area (Å²) < 4.78 is 1.55. The van der Waals surface area contributed by atoms with Crippen LogP contribution in [0.1, 0.15) is 20.3 Å². The summed E-state index contributed by atoms with van der Waals surface area (Å²) in [4.78, 5) is 0. The second-order valence-corrected chi connectivity index (χ2v) is 3.64. The minimum absolute atomic E-state index is 0.712. The van der Waals surface area contributed by atoms with Crippen LogP contribution in [0.3, 0.4) is 0 Å². The van der Waals surface area contributed by atoms with E-state index >= 15 is 0 Å². The van der Waals surface area contributed by atoms with Gasteiger partial charge in [-0.2, -0.15) is 0 Å². The van der Waals surface area contributed by atoms with Crippen molar-refractivity contribution in [2.75, 3.05) is 0 Å². The molecule has 0 unspecified atom stereocenters. The van der Waals surface area contributed by atoms with Gasteiger partial charge in [-0.3, -0.25) is 0 Å². The second-order valence-electron chi connectivity index (χ2n) is 2.70. The molecule has 0 aliphatic heterocycles. The summed E-state index contributed by atoms with van der Waals surface area (Å²) in [5.41, 5.74) is 1.54. The molecule has 1 aliphatic carbocycles. The van der Waals surface area contributed by atoms with E-state index in [0.29, 0.717) is 5.92 Å². The van der Waals surface area contributed by atoms with Crippen LogP contribution in [-0.4, -0.2) is 0 Å². The van der Waals surface area contributed by atoms with Crippen LogP contribution >= 0.6 is 0 Å². The van der Waals surface area contributed by atoms with Gasteiger partial charge in [-0.25, -0.2) is 0 Å². The Morgan fingerprint density at radius 2 is 2.22 bits per heavy atom. The van der Waals surface area contributed by atoms with Gasteiger partial charge in [0.05, 0.1) is 0 Å². The Labute approximate surface area is 68.4 Å². The van der Waals surface area contributed by atoms with E-state index in [2.05, 4.69) is 46.4 Å². The zero-order chi connectivity index (χ0) is 6.85. The Morgan fingerprint density at radius 3 is 2.44 bits per heavy atom.